The van der Waals surface area contributed by atoms with E-state index in [2.05, 4.69) is 11.9 Å². The molecule has 172 valence electrons. The van der Waals surface area contributed by atoms with Crippen LogP contribution in [-0.4, -0.2) is 13.0 Å². The fourth-order valence-corrected chi connectivity index (χ4v) is 3.51. The molecule has 0 radical (unpaired) electrons. The number of hydrogen-bond acceptors (Lipinski definition) is 4. The van der Waals surface area contributed by atoms with Crippen molar-refractivity contribution in [2.24, 2.45) is 0 Å². The molecule has 0 saturated heterocycles. The Kier molecular flexibility index (Phi) is 8.26. The number of rotatable bonds is 9. The normalized spacial score (nSPS) is 10.8. The molecule has 3 aromatic carbocycles. The van der Waals surface area contributed by atoms with E-state index in [1.54, 1.807) is 25.3 Å². The Labute approximate surface area is 201 Å². The van der Waals surface area contributed by atoms with E-state index in [-0.39, 0.29) is 5.57 Å². The van der Waals surface area contributed by atoms with E-state index in [0.717, 1.165) is 22.3 Å². The van der Waals surface area contributed by atoms with Crippen LogP contribution in [0.5, 0.6) is 11.5 Å². The van der Waals surface area contributed by atoms with Gasteiger partial charge < -0.3 is 14.8 Å². The molecule has 0 saturated carbocycles. The monoisotopic (exact) mass is 452 g/mol. The number of allylic oxidation sites excluding steroid dienone is 1. The van der Waals surface area contributed by atoms with Crippen molar-refractivity contribution >= 4 is 17.7 Å². The van der Waals surface area contributed by atoms with Crippen LogP contribution in [0.2, 0.25) is 0 Å². The maximum atomic E-state index is 12.8. The lowest BCUT2D eigenvalue weighted by atomic mass is 10.0. The summed E-state index contributed by atoms with van der Waals surface area (Å²) in [5.41, 5.74) is 5.24. The van der Waals surface area contributed by atoms with E-state index >= 15 is 0 Å². The van der Waals surface area contributed by atoms with E-state index in [1.165, 1.54) is 0 Å². The first-order chi connectivity index (χ1) is 16.5. The molecule has 0 heterocycles. The minimum Gasteiger partial charge on any atom is -0.493 e. The van der Waals surface area contributed by atoms with Gasteiger partial charge in [-0.3, -0.25) is 4.79 Å². The minimum atomic E-state index is -0.468. The third-order valence-corrected chi connectivity index (χ3v) is 5.49. The molecule has 0 aromatic heterocycles. The number of ether oxygens (including phenoxy) is 2. The fourth-order valence-electron chi connectivity index (χ4n) is 3.51. The lowest BCUT2D eigenvalue weighted by molar-refractivity contribution is -0.112. The molecule has 3 aromatic rings. The summed E-state index contributed by atoms with van der Waals surface area (Å²) in [6.45, 7) is 8.13. The SMILES string of the molecule is C=CCc1cc(/C=C(\C#N)C(=O)Nc2cccc(C)c2C)cc(OC)c1OCc1ccccc1. The summed E-state index contributed by atoms with van der Waals surface area (Å²) in [4.78, 5) is 12.8. The first-order valence-electron chi connectivity index (χ1n) is 10.9. The van der Waals surface area contributed by atoms with Crippen molar-refractivity contribution in [3.05, 3.63) is 107 Å². The average molecular weight is 453 g/mol. The molecule has 3 rings (SSSR count). The Bertz CT molecular complexity index is 1250. The molecule has 0 aliphatic heterocycles. The summed E-state index contributed by atoms with van der Waals surface area (Å²) in [6, 6.07) is 21.2. The van der Waals surface area contributed by atoms with Crippen molar-refractivity contribution in [1.29, 1.82) is 5.26 Å². The average Bonchev–Trinajstić information content (AvgIpc) is 2.85. The van der Waals surface area contributed by atoms with Crippen LogP contribution in [0, 0.1) is 25.2 Å². The molecular weight excluding hydrogens is 424 g/mol. The highest BCUT2D eigenvalue weighted by molar-refractivity contribution is 6.10. The van der Waals surface area contributed by atoms with Gasteiger partial charge in [-0.2, -0.15) is 5.26 Å². The van der Waals surface area contributed by atoms with Gasteiger partial charge in [-0.25, -0.2) is 0 Å². The number of carbonyl (C=O) groups excluding carboxylic acids is 1. The molecule has 34 heavy (non-hydrogen) atoms. The summed E-state index contributed by atoms with van der Waals surface area (Å²) in [5.74, 6) is 0.667. The summed E-state index contributed by atoms with van der Waals surface area (Å²) in [6.07, 6.45) is 3.87. The number of amides is 1. The smallest absolute Gasteiger partial charge is 0.266 e. The Morgan fingerprint density at radius 2 is 1.88 bits per heavy atom. The maximum Gasteiger partial charge on any atom is 0.266 e. The van der Waals surface area contributed by atoms with Crippen molar-refractivity contribution < 1.29 is 14.3 Å². The number of anilines is 1. The number of aryl methyl sites for hydroxylation is 1. The highest BCUT2D eigenvalue weighted by Gasteiger charge is 2.15. The molecule has 0 aliphatic rings. The Morgan fingerprint density at radius 1 is 1.12 bits per heavy atom. The first-order valence-corrected chi connectivity index (χ1v) is 10.9. The van der Waals surface area contributed by atoms with Gasteiger partial charge in [0, 0.05) is 11.3 Å². The van der Waals surface area contributed by atoms with Crippen molar-refractivity contribution in [3.63, 3.8) is 0 Å². The van der Waals surface area contributed by atoms with E-state index in [9.17, 15) is 10.1 Å². The predicted octanol–water partition coefficient (Wildman–Crippen LogP) is 6.17. The van der Waals surface area contributed by atoms with Gasteiger partial charge in [0.25, 0.3) is 5.91 Å². The van der Waals surface area contributed by atoms with E-state index < -0.39 is 5.91 Å². The first kappa shape index (κ1) is 24.3. The van der Waals surface area contributed by atoms with Crippen LogP contribution < -0.4 is 14.8 Å². The summed E-state index contributed by atoms with van der Waals surface area (Å²) >= 11 is 0. The van der Waals surface area contributed by atoms with Crippen molar-refractivity contribution in [1.82, 2.24) is 0 Å². The van der Waals surface area contributed by atoms with Crippen LogP contribution in [0.15, 0.2) is 78.9 Å². The number of hydrogen-bond donors (Lipinski definition) is 1. The molecule has 1 N–H and O–H groups in total. The number of nitrogens with one attached hydrogen (secondary N) is 1. The van der Waals surface area contributed by atoms with Crippen LogP contribution >= 0.6 is 0 Å². The van der Waals surface area contributed by atoms with Gasteiger partial charge in [-0.05, 0) is 66.8 Å². The Hall–Kier alpha value is -4.30. The van der Waals surface area contributed by atoms with E-state index in [4.69, 9.17) is 9.47 Å². The quantitative estimate of drug-likeness (QED) is 0.240. The third-order valence-electron chi connectivity index (χ3n) is 5.49. The largest absolute Gasteiger partial charge is 0.493 e. The third kappa shape index (κ3) is 5.93. The van der Waals surface area contributed by atoms with Crippen LogP contribution in [0.25, 0.3) is 6.08 Å². The van der Waals surface area contributed by atoms with Gasteiger partial charge in [0.15, 0.2) is 11.5 Å². The van der Waals surface area contributed by atoms with Crippen LogP contribution in [0.4, 0.5) is 5.69 Å². The number of nitriles is 1. The molecule has 0 atom stereocenters. The second-order valence-electron chi connectivity index (χ2n) is 7.85. The summed E-state index contributed by atoms with van der Waals surface area (Å²) in [7, 11) is 1.56. The molecule has 0 spiro atoms. The van der Waals surface area contributed by atoms with Gasteiger partial charge in [0.05, 0.1) is 7.11 Å². The number of methoxy groups -OCH3 is 1. The Balaban J connectivity index is 1.91. The highest BCUT2D eigenvalue weighted by Crippen LogP contribution is 2.35. The highest BCUT2D eigenvalue weighted by atomic mass is 16.5. The molecule has 0 aliphatic carbocycles. The van der Waals surface area contributed by atoms with Crippen LogP contribution in [-0.2, 0) is 17.8 Å². The number of carbonyl (C=O) groups is 1. The van der Waals surface area contributed by atoms with Crippen molar-refractivity contribution in [2.45, 2.75) is 26.9 Å². The second kappa shape index (κ2) is 11.5. The molecule has 0 fully saturated rings. The van der Waals surface area contributed by atoms with Gasteiger partial charge in [0.2, 0.25) is 0 Å². The zero-order chi connectivity index (χ0) is 24.5. The lowest BCUT2D eigenvalue weighted by Gasteiger charge is -2.16. The van der Waals surface area contributed by atoms with E-state index in [1.807, 2.05) is 74.5 Å². The topological polar surface area (TPSA) is 71.4 Å². The molecule has 5 nitrogen and oxygen atoms in total. The lowest BCUT2D eigenvalue weighted by Crippen LogP contribution is -2.14. The van der Waals surface area contributed by atoms with Gasteiger partial charge in [0.1, 0.15) is 18.2 Å². The van der Waals surface area contributed by atoms with Gasteiger partial charge in [-0.1, -0.05) is 48.5 Å². The second-order valence-corrected chi connectivity index (χ2v) is 7.85. The zero-order valence-electron chi connectivity index (χ0n) is 19.7. The molecule has 1 amide bonds. The van der Waals surface area contributed by atoms with Gasteiger partial charge >= 0.3 is 0 Å². The predicted molar refractivity (Wildman–Crippen MR) is 136 cm³/mol. The van der Waals surface area contributed by atoms with E-state index in [0.29, 0.717) is 35.8 Å². The van der Waals surface area contributed by atoms with Crippen LogP contribution in [0.3, 0.4) is 0 Å². The number of benzene rings is 3. The standard InChI is InChI=1S/C29H28N2O3/c1-5-10-24-15-23(17-27(33-4)28(24)34-19-22-12-7-6-8-13-22)16-25(18-30)29(32)31-26-14-9-11-20(2)21(26)3/h5-9,11-17H,1,10,19H2,2-4H3,(H,31,32)/b25-16+. The van der Waals surface area contributed by atoms with Gasteiger partial charge in [-0.15, -0.1) is 6.58 Å². The number of nitrogens with zero attached hydrogens (tertiary/aromatic N) is 1. The Morgan fingerprint density at radius 3 is 2.56 bits per heavy atom. The molecule has 5 heteroatoms. The summed E-state index contributed by atoms with van der Waals surface area (Å²) < 4.78 is 11.7. The fraction of sp³-hybridized carbons (Fsp3) is 0.172. The van der Waals surface area contributed by atoms with Crippen molar-refractivity contribution in [2.75, 3.05) is 12.4 Å². The molecular formula is C29H28N2O3. The minimum absolute atomic E-state index is 0.00883. The molecule has 0 unspecified atom stereocenters. The zero-order valence-corrected chi connectivity index (χ0v) is 19.7. The maximum absolute atomic E-state index is 12.8. The molecule has 0 bridgehead atoms. The summed E-state index contributed by atoms with van der Waals surface area (Å²) in [5, 5.41) is 12.5. The van der Waals surface area contributed by atoms with Crippen LogP contribution in [0.1, 0.15) is 27.8 Å². The van der Waals surface area contributed by atoms with Crippen molar-refractivity contribution in [3.8, 4) is 17.6 Å².